The minimum absolute atomic E-state index is 0.0897. The van der Waals surface area contributed by atoms with Gasteiger partial charge in [-0.3, -0.25) is 9.59 Å². The number of carbonyl (C=O) groups is 2. The van der Waals surface area contributed by atoms with E-state index in [0.717, 1.165) is 31.2 Å². The molecule has 4 fully saturated rings. The van der Waals surface area contributed by atoms with Gasteiger partial charge in [0.1, 0.15) is 0 Å². The number of carbonyl (C=O) groups excluding carboxylic acids is 1. The van der Waals surface area contributed by atoms with Crippen molar-refractivity contribution in [2.24, 2.45) is 23.7 Å². The molecule has 7 nitrogen and oxygen atoms in total. The molecule has 8 heteroatoms. The minimum atomic E-state index is -3.61. The lowest BCUT2D eigenvalue weighted by Gasteiger charge is -2.48. The molecule has 4 aliphatic rings. The fourth-order valence-corrected chi connectivity index (χ4v) is 7.12. The van der Waals surface area contributed by atoms with Crippen LogP contribution in [0.5, 0.6) is 0 Å². The summed E-state index contributed by atoms with van der Waals surface area (Å²) in [7, 11) is -3.61. The van der Waals surface area contributed by atoms with Crippen LogP contribution in [0.25, 0.3) is 0 Å². The summed E-state index contributed by atoms with van der Waals surface area (Å²) in [6.45, 7) is 5.21. The predicted octanol–water partition coefficient (Wildman–Crippen LogP) is 2.78. The molecule has 1 saturated heterocycles. The monoisotopic (exact) mass is 448 g/mol. The van der Waals surface area contributed by atoms with E-state index in [4.69, 9.17) is 0 Å². The van der Waals surface area contributed by atoms with Crippen LogP contribution in [0.2, 0.25) is 0 Å². The van der Waals surface area contributed by atoms with Crippen LogP contribution in [0.15, 0.2) is 29.2 Å². The zero-order valence-corrected chi connectivity index (χ0v) is 19.1. The van der Waals surface area contributed by atoms with Crippen LogP contribution in [0.1, 0.15) is 51.0 Å². The number of sulfonamides is 1. The summed E-state index contributed by atoms with van der Waals surface area (Å²) in [4.78, 5) is 27.1. The lowest BCUT2D eigenvalue weighted by Crippen LogP contribution is -2.56. The number of hydrogen-bond acceptors (Lipinski definition) is 4. The molecule has 1 aromatic rings. The third-order valence-electron chi connectivity index (χ3n) is 7.52. The second-order valence-corrected chi connectivity index (χ2v) is 11.5. The van der Waals surface area contributed by atoms with Crippen molar-refractivity contribution in [2.45, 2.75) is 50.3 Å². The molecule has 0 radical (unpaired) electrons. The van der Waals surface area contributed by atoms with Gasteiger partial charge in [0.2, 0.25) is 15.9 Å². The molecule has 1 heterocycles. The van der Waals surface area contributed by atoms with Crippen LogP contribution in [-0.4, -0.2) is 60.8 Å². The summed E-state index contributed by atoms with van der Waals surface area (Å²) in [5, 5.41) is 9.75. The second kappa shape index (κ2) is 8.54. The molecule has 2 bridgehead atoms. The van der Waals surface area contributed by atoms with Gasteiger partial charge < -0.3 is 10.0 Å². The summed E-state index contributed by atoms with van der Waals surface area (Å²) < 4.78 is 27.5. The van der Waals surface area contributed by atoms with Crippen molar-refractivity contribution in [1.29, 1.82) is 0 Å². The minimum Gasteiger partial charge on any atom is -0.481 e. The Morgan fingerprint density at radius 2 is 1.42 bits per heavy atom. The first-order valence-electron chi connectivity index (χ1n) is 11.3. The number of rotatable bonds is 5. The highest BCUT2D eigenvalue weighted by molar-refractivity contribution is 7.89. The Hall–Kier alpha value is -1.93. The normalized spacial score (nSPS) is 29.3. The standard InChI is InChI=1S/C23H32N2O5S/c1-15(2)16-7-9-19(10-8-16)31(29,30)25-13-11-24(12-14-25)22(26)20-17-3-5-18(6-4-17)21(20)23(27)28/h7-10,15,17-18,20-21H,3-6,11-14H2,1-2H3,(H,27,28)/t17?,18?,20-,21+/m0/s1. The molecule has 3 aliphatic carbocycles. The van der Waals surface area contributed by atoms with Crippen LogP contribution in [-0.2, 0) is 19.6 Å². The van der Waals surface area contributed by atoms with Crippen molar-refractivity contribution < 1.29 is 23.1 Å². The lowest BCUT2D eigenvalue weighted by molar-refractivity contribution is -0.162. The molecule has 3 saturated carbocycles. The van der Waals surface area contributed by atoms with E-state index in [1.165, 1.54) is 4.31 Å². The van der Waals surface area contributed by atoms with E-state index in [2.05, 4.69) is 13.8 Å². The highest BCUT2D eigenvalue weighted by Crippen LogP contribution is 2.49. The Labute approximate surface area is 184 Å². The van der Waals surface area contributed by atoms with Crippen LogP contribution < -0.4 is 0 Å². The summed E-state index contributed by atoms with van der Waals surface area (Å²) in [6, 6.07) is 7.00. The molecule has 1 amide bonds. The third kappa shape index (κ3) is 4.12. The fourth-order valence-electron chi connectivity index (χ4n) is 5.69. The van der Waals surface area contributed by atoms with Crippen molar-refractivity contribution in [3.05, 3.63) is 29.8 Å². The quantitative estimate of drug-likeness (QED) is 0.747. The number of carboxylic acids is 1. The summed E-state index contributed by atoms with van der Waals surface area (Å²) in [5.41, 5.74) is 1.09. The highest BCUT2D eigenvalue weighted by atomic mass is 32.2. The van der Waals surface area contributed by atoms with Crippen LogP contribution >= 0.6 is 0 Å². The largest absolute Gasteiger partial charge is 0.481 e. The molecule has 31 heavy (non-hydrogen) atoms. The van der Waals surface area contributed by atoms with E-state index >= 15 is 0 Å². The maximum Gasteiger partial charge on any atom is 0.307 e. The van der Waals surface area contributed by atoms with E-state index in [1.807, 2.05) is 12.1 Å². The zero-order chi connectivity index (χ0) is 22.3. The van der Waals surface area contributed by atoms with Crippen molar-refractivity contribution in [2.75, 3.05) is 26.2 Å². The lowest BCUT2D eigenvalue weighted by atomic mass is 9.58. The van der Waals surface area contributed by atoms with E-state index in [9.17, 15) is 23.1 Å². The Balaban J connectivity index is 1.43. The Bertz CT molecular complexity index is 927. The van der Waals surface area contributed by atoms with Gasteiger partial charge in [-0.25, -0.2) is 8.42 Å². The number of nitrogens with zero attached hydrogens (tertiary/aromatic N) is 2. The van der Waals surface area contributed by atoms with E-state index < -0.39 is 27.8 Å². The SMILES string of the molecule is CC(C)c1ccc(S(=O)(=O)N2CCN(C(=O)[C@H]3C4CCC(CC4)[C@H]3C(=O)O)CC2)cc1. The Morgan fingerprint density at radius 3 is 1.90 bits per heavy atom. The smallest absolute Gasteiger partial charge is 0.307 e. The van der Waals surface area contributed by atoms with Gasteiger partial charge in [0.05, 0.1) is 16.7 Å². The number of piperazine rings is 1. The number of hydrogen-bond donors (Lipinski definition) is 1. The molecule has 0 unspecified atom stereocenters. The van der Waals surface area contributed by atoms with Crippen molar-refractivity contribution in [1.82, 2.24) is 9.21 Å². The number of aliphatic carboxylic acids is 1. The first-order valence-corrected chi connectivity index (χ1v) is 12.8. The van der Waals surface area contributed by atoms with Gasteiger partial charge >= 0.3 is 5.97 Å². The first-order chi connectivity index (χ1) is 14.7. The van der Waals surface area contributed by atoms with Gasteiger partial charge in [-0.1, -0.05) is 26.0 Å². The maximum atomic E-state index is 13.3. The molecule has 170 valence electrons. The first kappa shape index (κ1) is 22.3. The van der Waals surface area contributed by atoms with Crippen molar-refractivity contribution in [3.63, 3.8) is 0 Å². The number of amides is 1. The second-order valence-electron chi connectivity index (χ2n) is 9.52. The zero-order valence-electron chi connectivity index (χ0n) is 18.2. The molecular weight excluding hydrogens is 416 g/mol. The molecule has 1 aromatic carbocycles. The maximum absolute atomic E-state index is 13.3. The summed E-state index contributed by atoms with van der Waals surface area (Å²) in [5.74, 6) is -1.46. The average Bonchev–Trinajstić information content (AvgIpc) is 2.78. The number of carboxylic acid groups (broad SMARTS) is 1. The van der Waals surface area contributed by atoms with Crippen LogP contribution in [0.4, 0.5) is 0 Å². The number of fused-ring (bicyclic) bond motifs is 3. The van der Waals surface area contributed by atoms with E-state index in [0.29, 0.717) is 19.0 Å². The van der Waals surface area contributed by atoms with Gasteiger partial charge in [0.25, 0.3) is 0 Å². The van der Waals surface area contributed by atoms with Gasteiger partial charge in [-0.2, -0.15) is 4.31 Å². The van der Waals surface area contributed by atoms with Gasteiger partial charge in [-0.05, 0) is 61.1 Å². The Morgan fingerprint density at radius 1 is 0.903 bits per heavy atom. The fraction of sp³-hybridized carbons (Fsp3) is 0.652. The van der Waals surface area contributed by atoms with E-state index in [1.54, 1.807) is 17.0 Å². The molecule has 1 aliphatic heterocycles. The van der Waals surface area contributed by atoms with Crippen LogP contribution in [0, 0.1) is 23.7 Å². The van der Waals surface area contributed by atoms with Crippen molar-refractivity contribution in [3.8, 4) is 0 Å². The van der Waals surface area contributed by atoms with E-state index in [-0.39, 0.29) is 35.7 Å². The summed E-state index contributed by atoms with van der Waals surface area (Å²) >= 11 is 0. The third-order valence-corrected chi connectivity index (χ3v) is 9.44. The Kier molecular flexibility index (Phi) is 6.14. The molecular formula is C23H32N2O5S. The van der Waals surface area contributed by atoms with Crippen molar-refractivity contribution >= 4 is 21.9 Å². The topological polar surface area (TPSA) is 95.0 Å². The molecule has 0 spiro atoms. The van der Waals surface area contributed by atoms with Gasteiger partial charge in [-0.15, -0.1) is 0 Å². The molecule has 5 rings (SSSR count). The van der Waals surface area contributed by atoms with Gasteiger partial charge in [0.15, 0.2) is 0 Å². The molecule has 0 aromatic heterocycles. The average molecular weight is 449 g/mol. The summed E-state index contributed by atoms with van der Waals surface area (Å²) in [6.07, 6.45) is 3.64. The highest BCUT2D eigenvalue weighted by Gasteiger charge is 2.51. The molecule has 2 atom stereocenters. The number of benzene rings is 1. The van der Waals surface area contributed by atoms with Gasteiger partial charge in [0, 0.05) is 26.2 Å². The molecule has 1 N–H and O–H groups in total. The van der Waals surface area contributed by atoms with Crippen LogP contribution in [0.3, 0.4) is 0 Å². The predicted molar refractivity (Wildman–Crippen MR) is 116 cm³/mol.